The number of rotatable bonds is 4. The van der Waals surface area contributed by atoms with E-state index in [9.17, 15) is 9.59 Å². The van der Waals surface area contributed by atoms with Crippen molar-refractivity contribution in [1.82, 2.24) is 0 Å². The lowest BCUT2D eigenvalue weighted by molar-refractivity contribution is -0.115. The monoisotopic (exact) mass is 255 g/mol. The minimum Gasteiger partial charge on any atom is -0.462 e. The van der Waals surface area contributed by atoms with Crippen molar-refractivity contribution in [3.63, 3.8) is 0 Å². The summed E-state index contributed by atoms with van der Waals surface area (Å²) in [6.07, 6.45) is 0. The van der Waals surface area contributed by atoms with Gasteiger partial charge in [0.1, 0.15) is 5.38 Å². The first-order valence-corrected chi connectivity index (χ1v) is 5.70. The van der Waals surface area contributed by atoms with Crippen molar-refractivity contribution < 1.29 is 14.3 Å². The standard InChI is InChI=1S/C12H14ClNO3/c1-3-17-12(16)9-5-4-6-10(7-9)14-11(15)8(2)13/h4-8H,3H2,1-2H3,(H,14,15)/t8-/m1/s1. The number of hydrogen-bond donors (Lipinski definition) is 1. The molecule has 4 nitrogen and oxygen atoms in total. The van der Waals surface area contributed by atoms with Gasteiger partial charge >= 0.3 is 5.97 Å². The number of anilines is 1. The van der Waals surface area contributed by atoms with E-state index in [1.807, 2.05) is 0 Å². The molecule has 1 atom stereocenters. The van der Waals surface area contributed by atoms with Gasteiger partial charge in [0, 0.05) is 5.69 Å². The number of hydrogen-bond acceptors (Lipinski definition) is 3. The number of esters is 1. The number of carbonyl (C=O) groups excluding carboxylic acids is 2. The maximum Gasteiger partial charge on any atom is 0.338 e. The Bertz CT molecular complexity index is 418. The van der Waals surface area contributed by atoms with Gasteiger partial charge in [-0.1, -0.05) is 6.07 Å². The van der Waals surface area contributed by atoms with Crippen LogP contribution < -0.4 is 5.32 Å². The fourth-order valence-corrected chi connectivity index (χ4v) is 1.23. The summed E-state index contributed by atoms with van der Waals surface area (Å²) >= 11 is 5.63. The van der Waals surface area contributed by atoms with Crippen molar-refractivity contribution in [2.24, 2.45) is 0 Å². The number of ether oxygens (including phenoxy) is 1. The molecule has 1 amide bonds. The summed E-state index contributed by atoms with van der Waals surface area (Å²) in [7, 11) is 0. The van der Waals surface area contributed by atoms with Crippen LogP contribution in [0, 0.1) is 0 Å². The van der Waals surface area contributed by atoms with Crippen molar-refractivity contribution in [3.8, 4) is 0 Å². The van der Waals surface area contributed by atoms with Gasteiger partial charge in [-0.2, -0.15) is 0 Å². The second kappa shape index (κ2) is 6.25. The molecule has 1 rings (SSSR count). The predicted octanol–water partition coefficient (Wildman–Crippen LogP) is 2.43. The Hall–Kier alpha value is -1.55. The van der Waals surface area contributed by atoms with E-state index in [1.165, 1.54) is 0 Å². The van der Waals surface area contributed by atoms with Gasteiger partial charge in [-0.3, -0.25) is 4.79 Å². The predicted molar refractivity (Wildman–Crippen MR) is 66.3 cm³/mol. The van der Waals surface area contributed by atoms with Gasteiger partial charge < -0.3 is 10.1 Å². The van der Waals surface area contributed by atoms with Gasteiger partial charge in [-0.05, 0) is 32.0 Å². The summed E-state index contributed by atoms with van der Waals surface area (Å²) in [6, 6.07) is 6.52. The molecule has 0 bridgehead atoms. The van der Waals surface area contributed by atoms with Crippen LogP contribution in [-0.4, -0.2) is 23.9 Å². The molecule has 0 spiro atoms. The Morgan fingerprint density at radius 3 is 2.76 bits per heavy atom. The van der Waals surface area contributed by atoms with Gasteiger partial charge in [-0.25, -0.2) is 4.79 Å². The highest BCUT2D eigenvalue weighted by atomic mass is 35.5. The van der Waals surface area contributed by atoms with E-state index in [2.05, 4.69) is 5.32 Å². The minimum absolute atomic E-state index is 0.312. The fourth-order valence-electron chi connectivity index (χ4n) is 1.18. The van der Waals surface area contributed by atoms with Crippen molar-refractivity contribution in [2.75, 3.05) is 11.9 Å². The largest absolute Gasteiger partial charge is 0.462 e. The van der Waals surface area contributed by atoms with Crippen LogP contribution in [0.25, 0.3) is 0 Å². The lowest BCUT2D eigenvalue weighted by Gasteiger charge is -2.08. The topological polar surface area (TPSA) is 55.4 Å². The maximum atomic E-state index is 11.5. The third-order valence-corrected chi connectivity index (χ3v) is 2.20. The van der Waals surface area contributed by atoms with Crippen LogP contribution in [0.3, 0.4) is 0 Å². The molecule has 0 aromatic heterocycles. The molecule has 0 radical (unpaired) electrons. The first-order valence-electron chi connectivity index (χ1n) is 5.26. The highest BCUT2D eigenvalue weighted by Gasteiger charge is 2.11. The first kappa shape index (κ1) is 13.5. The van der Waals surface area contributed by atoms with Crippen LogP contribution >= 0.6 is 11.6 Å². The molecule has 5 heteroatoms. The van der Waals surface area contributed by atoms with Crippen molar-refractivity contribution >= 4 is 29.2 Å². The quantitative estimate of drug-likeness (QED) is 0.664. The second-order valence-electron chi connectivity index (χ2n) is 3.41. The van der Waals surface area contributed by atoms with Crippen LogP contribution in [0.1, 0.15) is 24.2 Å². The SMILES string of the molecule is CCOC(=O)c1cccc(NC(=O)[C@@H](C)Cl)c1. The van der Waals surface area contributed by atoms with Crippen LogP contribution in [0.2, 0.25) is 0 Å². The molecular formula is C12H14ClNO3. The number of carbonyl (C=O) groups is 2. The number of benzene rings is 1. The molecule has 0 saturated carbocycles. The summed E-state index contributed by atoms with van der Waals surface area (Å²) in [5, 5.41) is 1.98. The molecular weight excluding hydrogens is 242 g/mol. The van der Waals surface area contributed by atoms with E-state index in [0.29, 0.717) is 17.9 Å². The van der Waals surface area contributed by atoms with E-state index in [1.54, 1.807) is 38.1 Å². The molecule has 92 valence electrons. The van der Waals surface area contributed by atoms with Crippen LogP contribution in [0.4, 0.5) is 5.69 Å². The molecule has 0 aliphatic rings. The fraction of sp³-hybridized carbons (Fsp3) is 0.333. The van der Waals surface area contributed by atoms with E-state index < -0.39 is 11.3 Å². The highest BCUT2D eigenvalue weighted by Crippen LogP contribution is 2.12. The Labute approximate surface area is 105 Å². The summed E-state index contributed by atoms with van der Waals surface area (Å²) in [4.78, 5) is 22.8. The summed E-state index contributed by atoms with van der Waals surface area (Å²) in [6.45, 7) is 3.62. The summed E-state index contributed by atoms with van der Waals surface area (Å²) in [5.41, 5.74) is 0.917. The maximum absolute atomic E-state index is 11.5. The molecule has 0 aliphatic heterocycles. The number of amides is 1. The summed E-state index contributed by atoms with van der Waals surface area (Å²) < 4.78 is 4.86. The van der Waals surface area contributed by atoms with Crippen LogP contribution in [0.5, 0.6) is 0 Å². The molecule has 0 saturated heterocycles. The number of alkyl halides is 1. The van der Waals surface area contributed by atoms with Crippen molar-refractivity contribution in [3.05, 3.63) is 29.8 Å². The third kappa shape index (κ3) is 4.07. The molecule has 1 aromatic rings. The number of halogens is 1. The molecule has 0 aliphatic carbocycles. The van der Waals surface area contributed by atoms with Crippen molar-refractivity contribution in [1.29, 1.82) is 0 Å². The molecule has 17 heavy (non-hydrogen) atoms. The lowest BCUT2D eigenvalue weighted by Crippen LogP contribution is -2.20. The van der Waals surface area contributed by atoms with Gasteiger partial charge in [0.15, 0.2) is 0 Å². The van der Waals surface area contributed by atoms with Crippen molar-refractivity contribution in [2.45, 2.75) is 19.2 Å². The first-order chi connectivity index (χ1) is 8.04. The van der Waals surface area contributed by atoms with E-state index >= 15 is 0 Å². The normalized spacial score (nSPS) is 11.7. The summed E-state index contributed by atoms with van der Waals surface area (Å²) in [5.74, 6) is -0.727. The molecule has 0 heterocycles. The Kier molecular flexibility index (Phi) is 4.97. The Morgan fingerprint density at radius 1 is 1.47 bits per heavy atom. The molecule has 1 aromatic carbocycles. The smallest absolute Gasteiger partial charge is 0.338 e. The zero-order chi connectivity index (χ0) is 12.8. The zero-order valence-corrected chi connectivity index (χ0v) is 10.5. The molecule has 0 unspecified atom stereocenters. The zero-order valence-electron chi connectivity index (χ0n) is 9.70. The third-order valence-electron chi connectivity index (χ3n) is 2.00. The van der Waals surface area contributed by atoms with Gasteiger partial charge in [0.05, 0.1) is 12.2 Å². The minimum atomic E-state index is -0.624. The lowest BCUT2D eigenvalue weighted by atomic mass is 10.2. The number of nitrogens with one attached hydrogen (secondary N) is 1. The average molecular weight is 256 g/mol. The van der Waals surface area contributed by atoms with Gasteiger partial charge in [-0.15, -0.1) is 11.6 Å². The van der Waals surface area contributed by atoms with Gasteiger partial charge in [0.25, 0.3) is 0 Å². The van der Waals surface area contributed by atoms with Crippen LogP contribution in [-0.2, 0) is 9.53 Å². The van der Waals surface area contributed by atoms with E-state index in [0.717, 1.165) is 0 Å². The molecule has 0 fully saturated rings. The van der Waals surface area contributed by atoms with E-state index in [4.69, 9.17) is 16.3 Å². The average Bonchev–Trinajstić information content (AvgIpc) is 2.29. The van der Waals surface area contributed by atoms with E-state index in [-0.39, 0.29) is 5.91 Å². The van der Waals surface area contributed by atoms with Gasteiger partial charge in [0.2, 0.25) is 5.91 Å². The van der Waals surface area contributed by atoms with Crippen LogP contribution in [0.15, 0.2) is 24.3 Å². The highest BCUT2D eigenvalue weighted by molar-refractivity contribution is 6.32. The molecule has 1 N–H and O–H groups in total. The Balaban J connectivity index is 2.79. The second-order valence-corrected chi connectivity index (χ2v) is 4.06. The Morgan fingerprint density at radius 2 is 2.18 bits per heavy atom.